The van der Waals surface area contributed by atoms with Crippen molar-refractivity contribution < 1.29 is 8.78 Å². The first-order valence-corrected chi connectivity index (χ1v) is 6.08. The second-order valence-electron chi connectivity index (χ2n) is 4.22. The zero-order valence-electron chi connectivity index (χ0n) is 11.1. The van der Waals surface area contributed by atoms with Crippen LogP contribution in [0.2, 0.25) is 0 Å². The van der Waals surface area contributed by atoms with Gasteiger partial charge in [-0.15, -0.1) is 0 Å². The quantitative estimate of drug-likeness (QED) is 0.921. The summed E-state index contributed by atoms with van der Waals surface area (Å²) < 4.78 is 27.7. The maximum atomic E-state index is 13.9. The van der Waals surface area contributed by atoms with Crippen molar-refractivity contribution in [2.75, 3.05) is 11.9 Å². The lowest BCUT2D eigenvalue weighted by atomic mass is 10.1. The number of hydrogen-bond donors (Lipinski definition) is 1. The topological polar surface area (TPSA) is 37.8 Å². The molecule has 0 bridgehead atoms. The molecule has 2 rings (SSSR count). The van der Waals surface area contributed by atoms with Gasteiger partial charge in [0.1, 0.15) is 17.3 Å². The van der Waals surface area contributed by atoms with Gasteiger partial charge in [-0.3, -0.25) is 0 Å². The SMILES string of the molecule is CCNc1nc(C)c(C)nc1-c1c(F)cccc1F. The number of hydrogen-bond acceptors (Lipinski definition) is 3. The minimum Gasteiger partial charge on any atom is -0.369 e. The number of aromatic nitrogens is 2. The van der Waals surface area contributed by atoms with Crippen LogP contribution < -0.4 is 5.32 Å². The zero-order chi connectivity index (χ0) is 14.0. The molecule has 0 aliphatic rings. The fourth-order valence-corrected chi connectivity index (χ4v) is 1.79. The van der Waals surface area contributed by atoms with Crippen LogP contribution >= 0.6 is 0 Å². The first-order valence-electron chi connectivity index (χ1n) is 6.08. The lowest BCUT2D eigenvalue weighted by molar-refractivity contribution is 0.588. The van der Waals surface area contributed by atoms with E-state index in [1.54, 1.807) is 6.92 Å². The lowest BCUT2D eigenvalue weighted by Gasteiger charge is -2.13. The van der Waals surface area contributed by atoms with Crippen LogP contribution in [0.1, 0.15) is 18.3 Å². The van der Waals surface area contributed by atoms with Gasteiger partial charge in [-0.25, -0.2) is 18.7 Å². The van der Waals surface area contributed by atoms with Gasteiger partial charge in [0, 0.05) is 6.54 Å². The van der Waals surface area contributed by atoms with Crippen LogP contribution in [-0.2, 0) is 0 Å². The van der Waals surface area contributed by atoms with E-state index in [9.17, 15) is 8.78 Å². The largest absolute Gasteiger partial charge is 0.369 e. The Morgan fingerprint density at radius 3 is 2.21 bits per heavy atom. The van der Waals surface area contributed by atoms with Crippen molar-refractivity contribution in [1.29, 1.82) is 0 Å². The number of halogens is 2. The van der Waals surface area contributed by atoms with Crippen molar-refractivity contribution in [2.45, 2.75) is 20.8 Å². The normalized spacial score (nSPS) is 10.6. The minimum atomic E-state index is -0.642. The molecule has 0 saturated carbocycles. The van der Waals surface area contributed by atoms with Gasteiger partial charge in [-0.2, -0.15) is 0 Å². The highest BCUT2D eigenvalue weighted by Gasteiger charge is 2.18. The molecule has 19 heavy (non-hydrogen) atoms. The molecule has 0 atom stereocenters. The molecule has 0 unspecified atom stereocenters. The van der Waals surface area contributed by atoms with Crippen molar-refractivity contribution in [3.63, 3.8) is 0 Å². The minimum absolute atomic E-state index is 0.144. The van der Waals surface area contributed by atoms with E-state index in [1.165, 1.54) is 18.2 Å². The van der Waals surface area contributed by atoms with Crippen LogP contribution in [-0.4, -0.2) is 16.5 Å². The maximum Gasteiger partial charge on any atom is 0.153 e. The van der Waals surface area contributed by atoms with Gasteiger partial charge in [0.05, 0.1) is 17.0 Å². The Hall–Kier alpha value is -2.04. The predicted octanol–water partition coefficient (Wildman–Crippen LogP) is 3.47. The van der Waals surface area contributed by atoms with Gasteiger partial charge >= 0.3 is 0 Å². The zero-order valence-corrected chi connectivity index (χ0v) is 11.1. The molecular weight excluding hydrogens is 248 g/mol. The van der Waals surface area contributed by atoms with Crippen molar-refractivity contribution >= 4 is 5.82 Å². The van der Waals surface area contributed by atoms with Gasteiger partial charge in [0.15, 0.2) is 5.82 Å². The summed E-state index contributed by atoms with van der Waals surface area (Å²) in [6, 6.07) is 3.76. The Bertz CT molecular complexity index is 592. The van der Waals surface area contributed by atoms with Crippen LogP contribution in [0.4, 0.5) is 14.6 Å². The summed E-state index contributed by atoms with van der Waals surface area (Å²) in [4.78, 5) is 8.59. The summed E-state index contributed by atoms with van der Waals surface area (Å²) in [5, 5.41) is 2.99. The average molecular weight is 263 g/mol. The fraction of sp³-hybridized carbons (Fsp3) is 0.286. The number of rotatable bonds is 3. The van der Waals surface area contributed by atoms with Gasteiger partial charge in [-0.1, -0.05) is 6.07 Å². The highest BCUT2D eigenvalue weighted by molar-refractivity contribution is 5.72. The van der Waals surface area contributed by atoms with E-state index in [-0.39, 0.29) is 11.3 Å². The number of nitrogens with zero attached hydrogens (tertiary/aromatic N) is 2. The van der Waals surface area contributed by atoms with Crippen molar-refractivity contribution in [1.82, 2.24) is 9.97 Å². The molecule has 5 heteroatoms. The van der Waals surface area contributed by atoms with Crippen LogP contribution in [0.3, 0.4) is 0 Å². The first-order chi connectivity index (χ1) is 9.04. The van der Waals surface area contributed by atoms with E-state index in [4.69, 9.17) is 0 Å². The van der Waals surface area contributed by atoms with Gasteiger partial charge in [-0.05, 0) is 32.9 Å². The molecule has 1 N–H and O–H groups in total. The number of aryl methyl sites for hydroxylation is 2. The Balaban J connectivity index is 2.70. The number of benzene rings is 1. The van der Waals surface area contributed by atoms with Crippen LogP contribution in [0, 0.1) is 25.5 Å². The maximum absolute atomic E-state index is 13.9. The van der Waals surface area contributed by atoms with Crippen LogP contribution in [0.25, 0.3) is 11.3 Å². The third kappa shape index (κ3) is 2.54. The van der Waals surface area contributed by atoms with Gasteiger partial charge in [0.25, 0.3) is 0 Å². The van der Waals surface area contributed by atoms with Crippen LogP contribution in [0.15, 0.2) is 18.2 Å². The lowest BCUT2D eigenvalue weighted by Crippen LogP contribution is -2.07. The molecule has 100 valence electrons. The molecule has 2 aromatic rings. The molecule has 1 aromatic carbocycles. The molecule has 0 aliphatic heterocycles. The molecule has 0 radical (unpaired) electrons. The Kier molecular flexibility index (Phi) is 3.74. The fourth-order valence-electron chi connectivity index (χ4n) is 1.79. The molecule has 0 fully saturated rings. The third-order valence-electron chi connectivity index (χ3n) is 2.85. The van der Waals surface area contributed by atoms with E-state index in [2.05, 4.69) is 15.3 Å². The molecule has 3 nitrogen and oxygen atoms in total. The third-order valence-corrected chi connectivity index (χ3v) is 2.85. The molecule has 0 spiro atoms. The molecule has 0 aliphatic carbocycles. The summed E-state index contributed by atoms with van der Waals surface area (Å²) >= 11 is 0. The summed E-state index contributed by atoms with van der Waals surface area (Å²) in [7, 11) is 0. The monoisotopic (exact) mass is 263 g/mol. The van der Waals surface area contributed by atoms with Crippen molar-refractivity contribution in [3.05, 3.63) is 41.2 Å². The summed E-state index contributed by atoms with van der Waals surface area (Å²) in [6.45, 7) is 6.06. The van der Waals surface area contributed by atoms with E-state index in [0.717, 1.165) is 5.69 Å². The van der Waals surface area contributed by atoms with Gasteiger partial charge < -0.3 is 5.32 Å². The second kappa shape index (κ2) is 5.30. The molecule has 1 aromatic heterocycles. The van der Waals surface area contributed by atoms with E-state index in [0.29, 0.717) is 18.1 Å². The standard InChI is InChI=1S/C14H15F2N3/c1-4-17-14-13(18-8(2)9(3)19-14)12-10(15)6-5-7-11(12)16/h5-7H,4H2,1-3H3,(H,17,19). The summed E-state index contributed by atoms with van der Waals surface area (Å²) in [5.74, 6) is -0.886. The summed E-state index contributed by atoms with van der Waals surface area (Å²) in [6.07, 6.45) is 0. The van der Waals surface area contributed by atoms with E-state index < -0.39 is 11.6 Å². The first kappa shape index (κ1) is 13.4. The smallest absolute Gasteiger partial charge is 0.153 e. The Morgan fingerprint density at radius 2 is 1.63 bits per heavy atom. The molecule has 0 saturated heterocycles. The molecular formula is C14H15F2N3. The van der Waals surface area contributed by atoms with Crippen LogP contribution in [0.5, 0.6) is 0 Å². The Labute approximate surface area is 110 Å². The second-order valence-corrected chi connectivity index (χ2v) is 4.22. The predicted molar refractivity (Wildman–Crippen MR) is 71.0 cm³/mol. The Morgan fingerprint density at radius 1 is 1.05 bits per heavy atom. The van der Waals surface area contributed by atoms with Gasteiger partial charge in [0.2, 0.25) is 0 Å². The van der Waals surface area contributed by atoms with E-state index in [1.807, 2.05) is 13.8 Å². The molecule has 1 heterocycles. The highest BCUT2D eigenvalue weighted by atomic mass is 19.1. The highest BCUT2D eigenvalue weighted by Crippen LogP contribution is 2.30. The molecule has 0 amide bonds. The van der Waals surface area contributed by atoms with E-state index >= 15 is 0 Å². The summed E-state index contributed by atoms with van der Waals surface area (Å²) in [5.41, 5.74) is 1.45. The average Bonchev–Trinajstić information content (AvgIpc) is 2.35. The number of nitrogens with one attached hydrogen (secondary N) is 1. The van der Waals surface area contributed by atoms with Crippen molar-refractivity contribution in [3.8, 4) is 11.3 Å². The van der Waals surface area contributed by atoms with Crippen molar-refractivity contribution in [2.24, 2.45) is 0 Å². The number of anilines is 1.